The number of aromatic nitrogens is 1. The van der Waals surface area contributed by atoms with E-state index in [-0.39, 0.29) is 0 Å². The highest BCUT2D eigenvalue weighted by Gasteiger charge is 2.15. The Labute approximate surface area is 94.9 Å². The van der Waals surface area contributed by atoms with Crippen LogP contribution in [-0.2, 0) is 4.74 Å². The van der Waals surface area contributed by atoms with Gasteiger partial charge in [-0.1, -0.05) is 0 Å². The molecule has 2 rings (SSSR count). The molecule has 1 aliphatic heterocycles. The van der Waals surface area contributed by atoms with Gasteiger partial charge in [0.25, 0.3) is 0 Å². The lowest BCUT2D eigenvalue weighted by Crippen LogP contribution is -2.22. The molecule has 1 aromatic heterocycles. The van der Waals surface area contributed by atoms with Crippen LogP contribution in [0.4, 0.5) is 0 Å². The quantitative estimate of drug-likeness (QED) is 0.837. The standard InChI is InChI=1S/C11H18N2OS/c1-9(11-7-12-8-15-11)13-5-4-10-3-2-6-14-10/h7-10,13H,2-6H2,1H3. The smallest absolute Gasteiger partial charge is 0.0794 e. The summed E-state index contributed by atoms with van der Waals surface area (Å²) in [6.07, 6.45) is 6.02. The van der Waals surface area contributed by atoms with Crippen molar-refractivity contribution in [3.8, 4) is 0 Å². The van der Waals surface area contributed by atoms with Gasteiger partial charge in [-0.2, -0.15) is 0 Å². The Morgan fingerprint density at radius 2 is 2.67 bits per heavy atom. The summed E-state index contributed by atoms with van der Waals surface area (Å²) in [5, 5.41) is 3.50. The lowest BCUT2D eigenvalue weighted by atomic mass is 10.2. The molecule has 2 atom stereocenters. The molecule has 1 fully saturated rings. The third-order valence-corrected chi connectivity index (χ3v) is 3.78. The molecular weight excluding hydrogens is 208 g/mol. The van der Waals surface area contributed by atoms with E-state index >= 15 is 0 Å². The third-order valence-electron chi connectivity index (χ3n) is 2.82. The molecule has 84 valence electrons. The van der Waals surface area contributed by atoms with Crippen molar-refractivity contribution >= 4 is 11.3 Å². The number of thiazole rings is 1. The highest BCUT2D eigenvalue weighted by Crippen LogP contribution is 2.18. The zero-order chi connectivity index (χ0) is 10.5. The van der Waals surface area contributed by atoms with Crippen molar-refractivity contribution in [2.24, 2.45) is 0 Å². The predicted molar refractivity (Wildman–Crippen MR) is 62.1 cm³/mol. The van der Waals surface area contributed by atoms with Gasteiger partial charge in [0.2, 0.25) is 0 Å². The van der Waals surface area contributed by atoms with E-state index in [1.807, 2.05) is 11.7 Å². The highest BCUT2D eigenvalue weighted by molar-refractivity contribution is 7.09. The predicted octanol–water partition coefficient (Wildman–Crippen LogP) is 2.36. The van der Waals surface area contributed by atoms with Gasteiger partial charge in [-0.15, -0.1) is 11.3 Å². The molecule has 0 bridgehead atoms. The minimum absolute atomic E-state index is 0.416. The molecular formula is C11H18N2OS. The van der Waals surface area contributed by atoms with E-state index in [1.165, 1.54) is 17.7 Å². The van der Waals surface area contributed by atoms with E-state index < -0.39 is 0 Å². The van der Waals surface area contributed by atoms with Crippen LogP contribution in [0.25, 0.3) is 0 Å². The van der Waals surface area contributed by atoms with E-state index in [0.29, 0.717) is 12.1 Å². The molecule has 1 saturated heterocycles. The Morgan fingerprint density at radius 3 is 3.33 bits per heavy atom. The maximum absolute atomic E-state index is 5.58. The van der Waals surface area contributed by atoms with Crippen LogP contribution in [0, 0.1) is 0 Å². The minimum Gasteiger partial charge on any atom is -0.378 e. The topological polar surface area (TPSA) is 34.1 Å². The van der Waals surface area contributed by atoms with Gasteiger partial charge in [-0.05, 0) is 32.7 Å². The van der Waals surface area contributed by atoms with Gasteiger partial charge in [0, 0.05) is 23.7 Å². The van der Waals surface area contributed by atoms with Crippen molar-refractivity contribution in [3.05, 3.63) is 16.6 Å². The van der Waals surface area contributed by atoms with E-state index in [9.17, 15) is 0 Å². The summed E-state index contributed by atoms with van der Waals surface area (Å²) in [6.45, 7) is 4.17. The van der Waals surface area contributed by atoms with Gasteiger partial charge in [0.1, 0.15) is 0 Å². The Kier molecular flexibility index (Phi) is 4.11. The molecule has 2 unspecified atom stereocenters. The van der Waals surface area contributed by atoms with Crippen LogP contribution >= 0.6 is 11.3 Å². The van der Waals surface area contributed by atoms with E-state index in [2.05, 4.69) is 17.2 Å². The molecule has 0 amide bonds. The molecule has 15 heavy (non-hydrogen) atoms. The second-order valence-electron chi connectivity index (χ2n) is 4.00. The summed E-state index contributed by atoms with van der Waals surface area (Å²) in [4.78, 5) is 5.39. The Balaban J connectivity index is 1.65. The largest absolute Gasteiger partial charge is 0.378 e. The SMILES string of the molecule is CC(NCCC1CCCO1)c1cncs1. The summed E-state index contributed by atoms with van der Waals surface area (Å²) in [5.41, 5.74) is 1.88. The average Bonchev–Trinajstić information content (AvgIpc) is 2.90. The van der Waals surface area contributed by atoms with Gasteiger partial charge in [-0.25, -0.2) is 0 Å². The number of hydrogen-bond donors (Lipinski definition) is 1. The number of ether oxygens (including phenoxy) is 1. The van der Waals surface area contributed by atoms with Crippen LogP contribution in [0.1, 0.15) is 37.1 Å². The van der Waals surface area contributed by atoms with Crippen LogP contribution < -0.4 is 5.32 Å². The summed E-state index contributed by atoms with van der Waals surface area (Å²) in [5.74, 6) is 0. The van der Waals surface area contributed by atoms with Crippen LogP contribution in [0.15, 0.2) is 11.7 Å². The first-order valence-electron chi connectivity index (χ1n) is 5.59. The molecule has 0 aliphatic carbocycles. The van der Waals surface area contributed by atoms with Gasteiger partial charge in [0.05, 0.1) is 11.6 Å². The van der Waals surface area contributed by atoms with E-state index in [0.717, 1.165) is 19.6 Å². The third kappa shape index (κ3) is 3.26. The van der Waals surface area contributed by atoms with Crippen LogP contribution in [0.2, 0.25) is 0 Å². The maximum Gasteiger partial charge on any atom is 0.0794 e. The Bertz CT molecular complexity index is 270. The molecule has 0 saturated carbocycles. The minimum atomic E-state index is 0.416. The second-order valence-corrected chi connectivity index (χ2v) is 4.92. The zero-order valence-corrected chi connectivity index (χ0v) is 9.93. The summed E-state index contributed by atoms with van der Waals surface area (Å²) in [7, 11) is 0. The molecule has 3 nitrogen and oxygen atoms in total. The van der Waals surface area contributed by atoms with Crippen LogP contribution in [0.5, 0.6) is 0 Å². The summed E-state index contributed by atoms with van der Waals surface area (Å²) in [6, 6.07) is 0.416. The number of nitrogens with zero attached hydrogens (tertiary/aromatic N) is 1. The van der Waals surface area contributed by atoms with Gasteiger partial charge < -0.3 is 10.1 Å². The van der Waals surface area contributed by atoms with Crippen LogP contribution in [0.3, 0.4) is 0 Å². The first kappa shape index (κ1) is 11.0. The van der Waals surface area contributed by atoms with Gasteiger partial charge in [-0.3, -0.25) is 4.98 Å². The van der Waals surface area contributed by atoms with Crippen molar-refractivity contribution in [1.29, 1.82) is 0 Å². The van der Waals surface area contributed by atoms with Gasteiger partial charge in [0.15, 0.2) is 0 Å². The zero-order valence-electron chi connectivity index (χ0n) is 9.11. The van der Waals surface area contributed by atoms with Crippen molar-refractivity contribution in [2.45, 2.75) is 38.3 Å². The molecule has 0 radical (unpaired) electrons. The van der Waals surface area contributed by atoms with Crippen LogP contribution in [-0.4, -0.2) is 24.2 Å². The Hall–Kier alpha value is -0.450. The highest BCUT2D eigenvalue weighted by atomic mass is 32.1. The fourth-order valence-corrected chi connectivity index (χ4v) is 2.53. The molecule has 2 heterocycles. The molecule has 1 aromatic rings. The normalized spacial score (nSPS) is 23.1. The van der Waals surface area contributed by atoms with Crippen molar-refractivity contribution in [2.75, 3.05) is 13.2 Å². The number of hydrogen-bond acceptors (Lipinski definition) is 4. The number of nitrogens with one attached hydrogen (secondary N) is 1. The monoisotopic (exact) mass is 226 g/mol. The average molecular weight is 226 g/mol. The van der Waals surface area contributed by atoms with E-state index in [1.54, 1.807) is 11.3 Å². The fraction of sp³-hybridized carbons (Fsp3) is 0.727. The first-order valence-corrected chi connectivity index (χ1v) is 6.47. The van der Waals surface area contributed by atoms with Crippen molar-refractivity contribution < 1.29 is 4.74 Å². The van der Waals surface area contributed by atoms with Crippen molar-refractivity contribution in [3.63, 3.8) is 0 Å². The molecule has 0 aromatic carbocycles. The second kappa shape index (κ2) is 5.58. The van der Waals surface area contributed by atoms with E-state index in [4.69, 9.17) is 4.74 Å². The molecule has 0 spiro atoms. The number of rotatable bonds is 5. The Morgan fingerprint density at radius 1 is 1.73 bits per heavy atom. The summed E-state index contributed by atoms with van der Waals surface area (Å²) < 4.78 is 5.58. The van der Waals surface area contributed by atoms with Gasteiger partial charge >= 0.3 is 0 Å². The van der Waals surface area contributed by atoms with Crippen molar-refractivity contribution in [1.82, 2.24) is 10.3 Å². The first-order chi connectivity index (χ1) is 7.36. The molecule has 4 heteroatoms. The fourth-order valence-electron chi connectivity index (χ4n) is 1.87. The lowest BCUT2D eigenvalue weighted by molar-refractivity contribution is 0.103. The lowest BCUT2D eigenvalue weighted by Gasteiger charge is -2.14. The summed E-state index contributed by atoms with van der Waals surface area (Å²) >= 11 is 1.71. The molecule has 1 N–H and O–H groups in total. The maximum atomic E-state index is 5.58. The molecule has 1 aliphatic rings.